The SMILES string of the molecule is CN(Cc1ccccc1F)S(=O)(=O)c1ccc(CCCl)s1. The van der Waals surface area contributed by atoms with Crippen molar-refractivity contribution in [3.05, 3.63) is 52.7 Å². The summed E-state index contributed by atoms with van der Waals surface area (Å²) in [6, 6.07) is 9.48. The minimum atomic E-state index is -3.61. The molecule has 7 heteroatoms. The molecule has 3 nitrogen and oxygen atoms in total. The smallest absolute Gasteiger partial charge is 0.207 e. The molecule has 1 aromatic carbocycles. The molecule has 0 saturated carbocycles. The van der Waals surface area contributed by atoms with Crippen LogP contribution in [-0.4, -0.2) is 25.7 Å². The molecule has 0 radical (unpaired) electrons. The number of aryl methyl sites for hydroxylation is 1. The minimum Gasteiger partial charge on any atom is -0.207 e. The summed E-state index contributed by atoms with van der Waals surface area (Å²) in [6.45, 7) is -0.00224. The van der Waals surface area contributed by atoms with Gasteiger partial charge < -0.3 is 0 Å². The number of hydrogen-bond donors (Lipinski definition) is 0. The lowest BCUT2D eigenvalue weighted by molar-refractivity contribution is 0.458. The summed E-state index contributed by atoms with van der Waals surface area (Å²) in [5.74, 6) is 0.0407. The van der Waals surface area contributed by atoms with Crippen LogP contribution in [-0.2, 0) is 23.0 Å². The lowest BCUT2D eigenvalue weighted by Gasteiger charge is -2.16. The number of alkyl halides is 1. The average molecular weight is 348 g/mol. The molecule has 0 spiro atoms. The fourth-order valence-electron chi connectivity index (χ4n) is 1.83. The Balaban J connectivity index is 2.20. The zero-order valence-corrected chi connectivity index (χ0v) is 13.8. The number of sulfonamides is 1. The monoisotopic (exact) mass is 347 g/mol. The summed E-state index contributed by atoms with van der Waals surface area (Å²) in [4.78, 5) is 0.919. The van der Waals surface area contributed by atoms with Gasteiger partial charge in [0.15, 0.2) is 0 Å². The number of hydrogen-bond acceptors (Lipinski definition) is 3. The lowest BCUT2D eigenvalue weighted by atomic mass is 10.2. The quantitative estimate of drug-likeness (QED) is 0.750. The highest BCUT2D eigenvalue weighted by atomic mass is 35.5. The molecule has 0 N–H and O–H groups in total. The van der Waals surface area contributed by atoms with Crippen LogP contribution in [0.3, 0.4) is 0 Å². The number of nitrogens with zero attached hydrogens (tertiary/aromatic N) is 1. The Kier molecular flexibility index (Phi) is 5.37. The molecule has 114 valence electrons. The Morgan fingerprint density at radius 1 is 1.24 bits per heavy atom. The van der Waals surface area contributed by atoms with Crippen molar-refractivity contribution in [1.29, 1.82) is 0 Å². The second kappa shape index (κ2) is 6.87. The van der Waals surface area contributed by atoms with E-state index in [0.29, 0.717) is 17.9 Å². The van der Waals surface area contributed by atoms with Crippen LogP contribution in [0.15, 0.2) is 40.6 Å². The predicted molar refractivity (Wildman–Crippen MR) is 83.8 cm³/mol. The number of halogens is 2. The van der Waals surface area contributed by atoms with Crippen LogP contribution in [0.25, 0.3) is 0 Å². The second-order valence-electron chi connectivity index (χ2n) is 4.51. The van der Waals surface area contributed by atoms with Gasteiger partial charge in [0, 0.05) is 29.9 Å². The van der Waals surface area contributed by atoms with Crippen LogP contribution in [0.4, 0.5) is 4.39 Å². The average Bonchev–Trinajstić information content (AvgIpc) is 2.91. The second-order valence-corrected chi connectivity index (χ2v) is 8.33. The van der Waals surface area contributed by atoms with E-state index < -0.39 is 15.8 Å². The molecule has 2 aromatic rings. The van der Waals surface area contributed by atoms with Crippen molar-refractivity contribution >= 4 is 33.0 Å². The van der Waals surface area contributed by atoms with E-state index >= 15 is 0 Å². The standard InChI is InChI=1S/C14H15ClFNO2S2/c1-17(10-11-4-2-3-5-13(11)16)21(18,19)14-7-6-12(20-14)8-9-15/h2-7H,8-10H2,1H3. The van der Waals surface area contributed by atoms with Crippen molar-refractivity contribution in [1.82, 2.24) is 4.31 Å². The van der Waals surface area contributed by atoms with E-state index in [4.69, 9.17) is 11.6 Å². The maximum absolute atomic E-state index is 13.6. The molecule has 1 heterocycles. The highest BCUT2D eigenvalue weighted by Crippen LogP contribution is 2.26. The first-order chi connectivity index (χ1) is 9.95. The third-order valence-corrected chi connectivity index (χ3v) is 6.60. The molecule has 0 aliphatic carbocycles. The molecule has 0 aliphatic heterocycles. The van der Waals surface area contributed by atoms with E-state index in [9.17, 15) is 12.8 Å². The van der Waals surface area contributed by atoms with Gasteiger partial charge >= 0.3 is 0 Å². The minimum absolute atomic E-state index is 0.00224. The van der Waals surface area contributed by atoms with Crippen LogP contribution >= 0.6 is 22.9 Å². The lowest BCUT2D eigenvalue weighted by Crippen LogP contribution is -2.26. The molecule has 0 unspecified atom stereocenters. The number of thiophene rings is 1. The first-order valence-corrected chi connectivity index (χ1v) is 9.08. The molecular formula is C14H15ClFNO2S2. The first kappa shape index (κ1) is 16.4. The van der Waals surface area contributed by atoms with E-state index in [1.807, 2.05) is 0 Å². The van der Waals surface area contributed by atoms with Crippen LogP contribution in [0, 0.1) is 5.82 Å². The van der Waals surface area contributed by atoms with Gasteiger partial charge in [0.25, 0.3) is 10.0 Å². The normalized spacial score (nSPS) is 12.0. The van der Waals surface area contributed by atoms with Gasteiger partial charge in [-0.2, -0.15) is 4.31 Å². The van der Waals surface area contributed by atoms with Gasteiger partial charge in [0.1, 0.15) is 10.0 Å². The summed E-state index contributed by atoms with van der Waals surface area (Å²) in [7, 11) is -2.16. The first-order valence-electron chi connectivity index (χ1n) is 6.29. The van der Waals surface area contributed by atoms with E-state index in [1.54, 1.807) is 30.3 Å². The van der Waals surface area contributed by atoms with Gasteiger partial charge in [-0.3, -0.25) is 0 Å². The molecule has 0 atom stereocenters. The Hall–Kier alpha value is -0.950. The maximum atomic E-state index is 13.6. The number of benzene rings is 1. The molecule has 1 aromatic heterocycles. The van der Waals surface area contributed by atoms with Crippen molar-refractivity contribution in [3.8, 4) is 0 Å². The fourth-order valence-corrected chi connectivity index (χ4v) is 4.86. The molecule has 2 rings (SSSR count). The Morgan fingerprint density at radius 2 is 1.95 bits per heavy atom. The Morgan fingerprint density at radius 3 is 2.62 bits per heavy atom. The van der Waals surface area contributed by atoms with Gasteiger partial charge in [0.05, 0.1) is 0 Å². The molecule has 0 saturated heterocycles. The van der Waals surface area contributed by atoms with E-state index in [-0.39, 0.29) is 10.8 Å². The topological polar surface area (TPSA) is 37.4 Å². The third kappa shape index (κ3) is 3.83. The van der Waals surface area contributed by atoms with Gasteiger partial charge in [-0.05, 0) is 24.6 Å². The molecule has 0 amide bonds. The highest BCUT2D eigenvalue weighted by molar-refractivity contribution is 7.91. The van der Waals surface area contributed by atoms with Crippen LogP contribution in [0.2, 0.25) is 0 Å². The van der Waals surface area contributed by atoms with Crippen molar-refractivity contribution in [2.75, 3.05) is 12.9 Å². The van der Waals surface area contributed by atoms with E-state index in [0.717, 1.165) is 9.18 Å². The van der Waals surface area contributed by atoms with Gasteiger partial charge in [-0.25, -0.2) is 12.8 Å². The van der Waals surface area contributed by atoms with E-state index in [1.165, 1.54) is 24.5 Å². The summed E-state index contributed by atoms with van der Waals surface area (Å²) in [6.07, 6.45) is 0.638. The van der Waals surface area contributed by atoms with Crippen molar-refractivity contribution in [2.45, 2.75) is 17.2 Å². The fraction of sp³-hybridized carbons (Fsp3) is 0.286. The number of rotatable bonds is 6. The summed E-state index contributed by atoms with van der Waals surface area (Å²) in [5, 5.41) is 0. The highest BCUT2D eigenvalue weighted by Gasteiger charge is 2.23. The van der Waals surface area contributed by atoms with Crippen molar-refractivity contribution in [3.63, 3.8) is 0 Å². The summed E-state index contributed by atoms with van der Waals surface area (Å²) in [5.41, 5.74) is 0.348. The Labute approximate surface area is 133 Å². The van der Waals surface area contributed by atoms with Gasteiger partial charge in [-0.1, -0.05) is 18.2 Å². The zero-order chi connectivity index (χ0) is 15.5. The van der Waals surface area contributed by atoms with Crippen molar-refractivity contribution < 1.29 is 12.8 Å². The van der Waals surface area contributed by atoms with Crippen molar-refractivity contribution in [2.24, 2.45) is 0 Å². The summed E-state index contributed by atoms with van der Waals surface area (Å²) < 4.78 is 39.9. The van der Waals surface area contributed by atoms with Crippen LogP contribution in [0.1, 0.15) is 10.4 Å². The van der Waals surface area contributed by atoms with Gasteiger partial charge in [-0.15, -0.1) is 22.9 Å². The molecule has 0 aliphatic rings. The van der Waals surface area contributed by atoms with Gasteiger partial charge in [0.2, 0.25) is 0 Å². The predicted octanol–water partition coefficient (Wildman–Crippen LogP) is 3.49. The zero-order valence-electron chi connectivity index (χ0n) is 11.4. The third-order valence-electron chi connectivity index (χ3n) is 2.99. The molecular weight excluding hydrogens is 333 g/mol. The Bertz CT molecular complexity index is 715. The van der Waals surface area contributed by atoms with Crippen LogP contribution in [0.5, 0.6) is 0 Å². The maximum Gasteiger partial charge on any atom is 0.252 e. The molecule has 21 heavy (non-hydrogen) atoms. The molecule has 0 fully saturated rings. The molecule has 0 bridgehead atoms. The van der Waals surface area contributed by atoms with E-state index in [2.05, 4.69) is 0 Å². The largest absolute Gasteiger partial charge is 0.252 e. The summed E-state index contributed by atoms with van der Waals surface area (Å²) >= 11 is 6.85. The van der Waals surface area contributed by atoms with Crippen LogP contribution < -0.4 is 0 Å².